The largest absolute Gasteiger partial charge is 0.416 e. The lowest BCUT2D eigenvalue weighted by Gasteiger charge is -2.27. The summed E-state index contributed by atoms with van der Waals surface area (Å²) in [5.74, 6) is 1.12. The van der Waals surface area contributed by atoms with E-state index >= 15 is 0 Å². The summed E-state index contributed by atoms with van der Waals surface area (Å²) in [6.45, 7) is 3.89. The second-order valence-electron chi connectivity index (χ2n) is 12.8. The van der Waals surface area contributed by atoms with Gasteiger partial charge in [0, 0.05) is 36.3 Å². The molecule has 0 atom stereocenters. The topological polar surface area (TPSA) is 56.0 Å². The maximum Gasteiger partial charge on any atom is 0.416 e. The van der Waals surface area contributed by atoms with E-state index in [4.69, 9.17) is 4.98 Å². The van der Waals surface area contributed by atoms with Crippen molar-refractivity contribution < 1.29 is 17.6 Å². The zero-order chi connectivity index (χ0) is 34.0. The molecule has 3 heterocycles. The van der Waals surface area contributed by atoms with E-state index < -0.39 is 11.7 Å². The van der Waals surface area contributed by atoms with Gasteiger partial charge in [-0.15, -0.1) is 0 Å². The van der Waals surface area contributed by atoms with Crippen LogP contribution in [0.5, 0.6) is 0 Å². The lowest BCUT2D eigenvalue weighted by atomic mass is 10.0. The molecule has 49 heavy (non-hydrogen) atoms. The first-order valence-corrected chi connectivity index (χ1v) is 17.7. The number of nitrogens with zero attached hydrogens (tertiary/aromatic N) is 5. The van der Waals surface area contributed by atoms with Crippen molar-refractivity contribution in [2.24, 2.45) is 0 Å². The summed E-state index contributed by atoms with van der Waals surface area (Å²) in [6, 6.07) is 19.5. The van der Waals surface area contributed by atoms with Crippen LogP contribution in [0.1, 0.15) is 65.1 Å². The van der Waals surface area contributed by atoms with Crippen LogP contribution < -0.4 is 5.56 Å². The lowest BCUT2D eigenvalue weighted by Crippen LogP contribution is -2.30. The highest BCUT2D eigenvalue weighted by Crippen LogP contribution is 2.32. The van der Waals surface area contributed by atoms with Crippen LogP contribution in [0.25, 0.3) is 11.1 Å². The van der Waals surface area contributed by atoms with Gasteiger partial charge in [0.2, 0.25) is 0 Å². The molecule has 0 saturated carbocycles. The molecule has 1 fully saturated rings. The molecule has 7 rings (SSSR count). The molecule has 1 aliphatic carbocycles. The Balaban J connectivity index is 1.19. The fourth-order valence-electron chi connectivity index (χ4n) is 6.81. The number of hydrogen-bond donors (Lipinski definition) is 0. The summed E-state index contributed by atoms with van der Waals surface area (Å²) in [5, 5.41) is 0.628. The molecule has 3 aromatic carbocycles. The van der Waals surface area contributed by atoms with Crippen LogP contribution in [0.15, 0.2) is 88.9 Å². The Bertz CT molecular complexity index is 1960. The van der Waals surface area contributed by atoms with Crippen LogP contribution in [-0.2, 0) is 44.4 Å². The minimum absolute atomic E-state index is 0.173. The standard InChI is InChI=1S/C38H37F4N5OS/c39-31-17-9-27(10-18-31)25-49-37-44-36(48)33-5-4-6-34(33)47(37)24-35-43-21-32(23-45-19-2-1-3-20-45)46(35)22-26-7-11-28(12-8-26)29-13-15-30(16-14-29)38(40,41)42/h7-18,21H,1-6,19-20,22-25H2. The molecule has 0 spiro atoms. The highest BCUT2D eigenvalue weighted by molar-refractivity contribution is 7.98. The highest BCUT2D eigenvalue weighted by Gasteiger charge is 2.30. The van der Waals surface area contributed by atoms with Crippen molar-refractivity contribution in [3.05, 3.63) is 135 Å². The molecule has 2 aromatic heterocycles. The van der Waals surface area contributed by atoms with Gasteiger partial charge in [-0.25, -0.2) is 9.37 Å². The normalized spacial score (nSPS) is 15.1. The molecule has 0 unspecified atom stereocenters. The van der Waals surface area contributed by atoms with Gasteiger partial charge in [-0.2, -0.15) is 18.2 Å². The van der Waals surface area contributed by atoms with Crippen LogP contribution in [0.2, 0.25) is 0 Å². The number of halogens is 4. The van der Waals surface area contributed by atoms with Crippen LogP contribution in [-0.4, -0.2) is 37.1 Å². The summed E-state index contributed by atoms with van der Waals surface area (Å²) in [6.07, 6.45) is 3.60. The Morgan fingerprint density at radius 2 is 1.41 bits per heavy atom. The van der Waals surface area contributed by atoms with Crippen molar-refractivity contribution >= 4 is 11.8 Å². The van der Waals surface area contributed by atoms with Crippen molar-refractivity contribution in [1.82, 2.24) is 24.0 Å². The molecule has 1 saturated heterocycles. The number of rotatable bonds is 10. The van der Waals surface area contributed by atoms with Crippen molar-refractivity contribution in [1.29, 1.82) is 0 Å². The van der Waals surface area contributed by atoms with Crippen molar-refractivity contribution in [2.45, 2.75) is 75.2 Å². The maximum absolute atomic E-state index is 13.5. The third-order valence-corrected chi connectivity index (χ3v) is 10.5. The van der Waals surface area contributed by atoms with E-state index in [1.54, 1.807) is 12.1 Å². The molecular formula is C38H37F4N5OS. The number of imidazole rings is 1. The van der Waals surface area contributed by atoms with E-state index in [2.05, 4.69) is 19.0 Å². The van der Waals surface area contributed by atoms with E-state index in [0.29, 0.717) is 30.4 Å². The van der Waals surface area contributed by atoms with Gasteiger partial charge in [-0.1, -0.05) is 66.7 Å². The number of hydrogen-bond acceptors (Lipinski definition) is 5. The Hall–Kier alpha value is -4.22. The number of aromatic nitrogens is 4. The molecular weight excluding hydrogens is 651 g/mol. The highest BCUT2D eigenvalue weighted by atomic mass is 32.2. The van der Waals surface area contributed by atoms with Crippen LogP contribution >= 0.6 is 11.8 Å². The Morgan fingerprint density at radius 3 is 2.10 bits per heavy atom. The summed E-state index contributed by atoms with van der Waals surface area (Å²) >= 11 is 1.47. The quantitative estimate of drug-likeness (QED) is 0.0844. The molecule has 5 aromatic rings. The number of likely N-dealkylation sites (tertiary alicyclic amines) is 1. The summed E-state index contributed by atoms with van der Waals surface area (Å²) in [5.41, 5.74) is 5.60. The van der Waals surface area contributed by atoms with Gasteiger partial charge in [-0.05, 0) is 91.7 Å². The smallest absolute Gasteiger partial charge is 0.325 e. The van der Waals surface area contributed by atoms with Crippen molar-refractivity contribution in [3.8, 4) is 11.1 Å². The molecule has 2 aliphatic rings. The summed E-state index contributed by atoms with van der Waals surface area (Å²) < 4.78 is 57.2. The van der Waals surface area contributed by atoms with E-state index in [1.165, 1.54) is 55.3 Å². The molecule has 11 heteroatoms. The van der Waals surface area contributed by atoms with Crippen LogP contribution in [0.4, 0.5) is 17.6 Å². The molecule has 0 amide bonds. The molecule has 254 valence electrons. The van der Waals surface area contributed by atoms with Gasteiger partial charge in [0.15, 0.2) is 5.16 Å². The first-order chi connectivity index (χ1) is 23.7. The Kier molecular flexibility index (Phi) is 9.73. The second kappa shape index (κ2) is 14.3. The van der Waals surface area contributed by atoms with E-state index in [0.717, 1.165) is 89.6 Å². The van der Waals surface area contributed by atoms with Crippen LogP contribution in [0.3, 0.4) is 0 Å². The zero-order valence-corrected chi connectivity index (χ0v) is 27.9. The van der Waals surface area contributed by atoms with E-state index in [9.17, 15) is 22.4 Å². The fraction of sp³-hybridized carbons (Fsp3) is 0.342. The summed E-state index contributed by atoms with van der Waals surface area (Å²) in [4.78, 5) is 25.0. The third-order valence-electron chi connectivity index (χ3n) is 9.48. The Morgan fingerprint density at radius 1 is 0.735 bits per heavy atom. The zero-order valence-electron chi connectivity index (χ0n) is 27.1. The van der Waals surface area contributed by atoms with E-state index in [-0.39, 0.29) is 11.4 Å². The van der Waals surface area contributed by atoms with Crippen molar-refractivity contribution in [3.63, 3.8) is 0 Å². The first-order valence-electron chi connectivity index (χ1n) is 16.7. The van der Waals surface area contributed by atoms with Gasteiger partial charge in [0.05, 0.1) is 17.8 Å². The first kappa shape index (κ1) is 33.3. The number of alkyl halides is 3. The number of fused-ring (bicyclic) bond motifs is 1. The van der Waals surface area contributed by atoms with Gasteiger partial charge in [0.1, 0.15) is 11.6 Å². The number of benzene rings is 3. The average Bonchev–Trinajstić information content (AvgIpc) is 3.74. The van der Waals surface area contributed by atoms with Gasteiger partial charge < -0.3 is 9.13 Å². The predicted molar refractivity (Wildman–Crippen MR) is 183 cm³/mol. The molecule has 1 aliphatic heterocycles. The van der Waals surface area contributed by atoms with E-state index in [1.807, 2.05) is 30.5 Å². The summed E-state index contributed by atoms with van der Waals surface area (Å²) in [7, 11) is 0. The second-order valence-corrected chi connectivity index (χ2v) is 13.8. The van der Waals surface area contributed by atoms with Gasteiger partial charge >= 0.3 is 6.18 Å². The number of thioether (sulfide) groups is 1. The maximum atomic E-state index is 13.5. The average molecular weight is 688 g/mol. The van der Waals surface area contributed by atoms with Crippen molar-refractivity contribution in [2.75, 3.05) is 13.1 Å². The van der Waals surface area contributed by atoms with Gasteiger partial charge in [0.25, 0.3) is 5.56 Å². The minimum atomic E-state index is -4.37. The predicted octanol–water partition coefficient (Wildman–Crippen LogP) is 8.13. The molecule has 0 bridgehead atoms. The SMILES string of the molecule is O=c1nc(SCc2ccc(F)cc2)n(Cc2ncc(CN3CCCCC3)n2Cc2ccc(-c3ccc(C(F)(F)F)cc3)cc2)c2c1CCC2. The van der Waals surface area contributed by atoms with Crippen LogP contribution in [0, 0.1) is 5.82 Å². The van der Waals surface area contributed by atoms with Gasteiger partial charge in [-0.3, -0.25) is 9.69 Å². The molecule has 0 N–H and O–H groups in total. The third kappa shape index (κ3) is 7.68. The minimum Gasteiger partial charge on any atom is -0.325 e. The molecule has 0 radical (unpaired) electrons. The monoisotopic (exact) mass is 687 g/mol. The number of piperidine rings is 1. The Labute approximate surface area is 286 Å². The fourth-order valence-corrected chi connectivity index (χ4v) is 7.78. The lowest BCUT2D eigenvalue weighted by molar-refractivity contribution is -0.137. The molecule has 6 nitrogen and oxygen atoms in total.